The van der Waals surface area contributed by atoms with Crippen molar-refractivity contribution in [1.29, 1.82) is 0 Å². The number of thiazole rings is 1. The number of aromatic carboxylic acids is 1. The number of rotatable bonds is 8. The number of benzene rings is 2. The number of aromatic nitrogens is 2. The number of para-hydroxylation sites is 1. The molecule has 0 bridgehead atoms. The van der Waals surface area contributed by atoms with Crippen molar-refractivity contribution >= 4 is 32.7 Å². The van der Waals surface area contributed by atoms with E-state index in [0.717, 1.165) is 41.0 Å². The lowest BCUT2D eigenvalue weighted by Crippen LogP contribution is -2.36. The van der Waals surface area contributed by atoms with Crippen molar-refractivity contribution in [2.75, 3.05) is 18.0 Å². The lowest BCUT2D eigenvalue weighted by Gasteiger charge is -2.31. The van der Waals surface area contributed by atoms with Crippen molar-refractivity contribution in [1.82, 2.24) is 10.1 Å². The summed E-state index contributed by atoms with van der Waals surface area (Å²) >= 11 is 1.46. The molecule has 2 aromatic carbocycles. The van der Waals surface area contributed by atoms with Crippen molar-refractivity contribution in [2.45, 2.75) is 50.7 Å². The van der Waals surface area contributed by atoms with E-state index in [2.05, 4.69) is 19.8 Å². The normalized spacial score (nSPS) is 16.6. The summed E-state index contributed by atoms with van der Waals surface area (Å²) in [7, 11) is 0. The Hall–Kier alpha value is -3.64. The van der Waals surface area contributed by atoms with Gasteiger partial charge in [-0.25, -0.2) is 9.78 Å². The van der Waals surface area contributed by atoms with E-state index in [4.69, 9.17) is 9.26 Å². The Morgan fingerprint density at radius 1 is 1.13 bits per heavy atom. The highest BCUT2D eigenvalue weighted by atomic mass is 32.1. The van der Waals surface area contributed by atoms with E-state index in [1.807, 2.05) is 0 Å². The number of carbonyl (C=O) groups is 1. The maximum absolute atomic E-state index is 13.0. The van der Waals surface area contributed by atoms with Gasteiger partial charge in [-0.15, -0.1) is 13.2 Å². The highest BCUT2D eigenvalue weighted by molar-refractivity contribution is 7.22. The summed E-state index contributed by atoms with van der Waals surface area (Å²) in [5.74, 6) is -0.439. The predicted octanol–water partition coefficient (Wildman–Crippen LogP) is 6.61. The number of carboxylic acids is 1. The minimum atomic E-state index is -4.83. The first-order valence-corrected chi connectivity index (χ1v) is 13.4. The number of carboxylic acid groups (broad SMARTS) is 1. The molecule has 1 aliphatic heterocycles. The Labute approximate surface area is 224 Å². The first kappa shape index (κ1) is 25.6. The molecule has 8 nitrogen and oxygen atoms in total. The average Bonchev–Trinajstić information content (AvgIpc) is 3.52. The standard InChI is InChI=1S/C27H24F3N3O5S/c28-27(29,30)37-21-4-2-1-3-18(21)23-19(24(38-32-23)15-5-6-15)14-36-17-9-11-33(12-10-17)26-31-20-8-7-16(25(34)35)13-22(20)39-26/h1-4,7-8,13,15,17H,5-6,9-12,14H2,(H,34,35). The topological polar surface area (TPSA) is 97.9 Å². The number of fused-ring (bicyclic) bond motifs is 1. The van der Waals surface area contributed by atoms with Crippen molar-refractivity contribution in [3.05, 3.63) is 59.4 Å². The zero-order chi connectivity index (χ0) is 27.1. The quantitative estimate of drug-likeness (QED) is 0.258. The second-order valence-electron chi connectivity index (χ2n) is 9.67. The molecule has 1 N–H and O–H groups in total. The van der Waals surface area contributed by atoms with E-state index in [1.54, 1.807) is 24.3 Å². The number of halogens is 3. The highest BCUT2D eigenvalue weighted by Crippen LogP contribution is 2.46. The van der Waals surface area contributed by atoms with Gasteiger partial charge in [0.05, 0.1) is 28.5 Å². The molecule has 1 saturated carbocycles. The number of hydrogen-bond donors (Lipinski definition) is 1. The summed E-state index contributed by atoms with van der Waals surface area (Å²) in [4.78, 5) is 18.1. The number of alkyl halides is 3. The van der Waals surface area contributed by atoms with Crippen LogP contribution in [0.4, 0.5) is 18.3 Å². The Morgan fingerprint density at radius 2 is 1.90 bits per heavy atom. The molecule has 1 saturated heterocycles. The van der Waals surface area contributed by atoms with Crippen LogP contribution in [0.15, 0.2) is 47.0 Å². The van der Waals surface area contributed by atoms with Crippen LogP contribution < -0.4 is 9.64 Å². The molecule has 0 radical (unpaired) electrons. The van der Waals surface area contributed by atoms with Gasteiger partial charge in [-0.05, 0) is 56.0 Å². The van der Waals surface area contributed by atoms with Crippen LogP contribution in [0.25, 0.3) is 21.5 Å². The van der Waals surface area contributed by atoms with Crippen molar-refractivity contribution in [3.8, 4) is 17.0 Å². The molecule has 0 spiro atoms. The zero-order valence-electron chi connectivity index (χ0n) is 20.6. The lowest BCUT2D eigenvalue weighted by molar-refractivity contribution is -0.274. The molecule has 2 fully saturated rings. The van der Waals surface area contributed by atoms with Crippen LogP contribution in [0.2, 0.25) is 0 Å². The highest BCUT2D eigenvalue weighted by Gasteiger charge is 2.36. The fourth-order valence-electron chi connectivity index (χ4n) is 4.81. The van der Waals surface area contributed by atoms with Gasteiger partial charge in [0.1, 0.15) is 17.2 Å². The Morgan fingerprint density at radius 3 is 2.62 bits per heavy atom. The molecular weight excluding hydrogens is 535 g/mol. The second kappa shape index (κ2) is 10.2. The van der Waals surface area contributed by atoms with Crippen LogP contribution >= 0.6 is 11.3 Å². The van der Waals surface area contributed by atoms with Crippen molar-refractivity contribution in [2.24, 2.45) is 0 Å². The SMILES string of the molecule is O=C(O)c1ccc2nc(N3CCC(OCc4c(-c5ccccc5OC(F)(F)F)noc4C4CC4)CC3)sc2c1. The van der Waals surface area contributed by atoms with Gasteiger partial charge in [-0.3, -0.25) is 0 Å². The maximum atomic E-state index is 13.0. The van der Waals surface area contributed by atoms with Gasteiger partial charge in [0.15, 0.2) is 5.13 Å². The summed E-state index contributed by atoms with van der Waals surface area (Å²) in [5.41, 5.74) is 2.18. The van der Waals surface area contributed by atoms with Gasteiger partial charge >= 0.3 is 12.3 Å². The van der Waals surface area contributed by atoms with E-state index >= 15 is 0 Å². The number of anilines is 1. The van der Waals surface area contributed by atoms with E-state index < -0.39 is 12.3 Å². The van der Waals surface area contributed by atoms with Gasteiger partial charge < -0.3 is 24.0 Å². The minimum Gasteiger partial charge on any atom is -0.478 e. The molecule has 4 aromatic rings. The fraction of sp³-hybridized carbons (Fsp3) is 0.370. The van der Waals surface area contributed by atoms with E-state index in [0.29, 0.717) is 30.1 Å². The number of ether oxygens (including phenoxy) is 2. The molecule has 3 heterocycles. The Kier molecular flexibility index (Phi) is 6.67. The van der Waals surface area contributed by atoms with E-state index in [1.165, 1.54) is 29.5 Å². The number of piperidine rings is 1. The van der Waals surface area contributed by atoms with E-state index in [9.17, 15) is 23.1 Å². The third kappa shape index (κ3) is 5.57. The summed E-state index contributed by atoms with van der Waals surface area (Å²) in [6, 6.07) is 10.8. The van der Waals surface area contributed by atoms with Gasteiger partial charge in [0.25, 0.3) is 0 Å². The Bertz CT molecular complexity index is 1510. The van der Waals surface area contributed by atoms with Gasteiger partial charge in [0.2, 0.25) is 0 Å². The van der Waals surface area contributed by atoms with Gasteiger partial charge in [-0.2, -0.15) is 0 Å². The van der Waals surface area contributed by atoms with E-state index in [-0.39, 0.29) is 35.5 Å². The first-order valence-electron chi connectivity index (χ1n) is 12.6. The fourth-order valence-corrected chi connectivity index (χ4v) is 5.87. The number of hydrogen-bond acceptors (Lipinski definition) is 8. The van der Waals surface area contributed by atoms with Crippen LogP contribution in [-0.2, 0) is 11.3 Å². The predicted molar refractivity (Wildman–Crippen MR) is 137 cm³/mol. The van der Waals surface area contributed by atoms with Crippen LogP contribution in [0, 0.1) is 0 Å². The Balaban J connectivity index is 1.14. The maximum Gasteiger partial charge on any atom is 0.573 e. The van der Waals surface area contributed by atoms with Crippen LogP contribution in [0.1, 0.15) is 53.3 Å². The summed E-state index contributed by atoms with van der Waals surface area (Å²) in [6.07, 6.45) is -1.52. The molecule has 2 aliphatic rings. The van der Waals surface area contributed by atoms with Crippen LogP contribution in [0.3, 0.4) is 0 Å². The molecule has 12 heteroatoms. The summed E-state index contributed by atoms with van der Waals surface area (Å²) in [5, 5.41) is 14.2. The molecule has 39 heavy (non-hydrogen) atoms. The molecule has 1 aliphatic carbocycles. The molecule has 2 aromatic heterocycles. The third-order valence-electron chi connectivity index (χ3n) is 6.93. The molecule has 204 valence electrons. The monoisotopic (exact) mass is 559 g/mol. The van der Waals surface area contributed by atoms with Gasteiger partial charge in [-0.1, -0.05) is 28.6 Å². The van der Waals surface area contributed by atoms with Gasteiger partial charge in [0, 0.05) is 30.1 Å². The lowest BCUT2D eigenvalue weighted by atomic mass is 10.0. The second-order valence-corrected chi connectivity index (χ2v) is 10.7. The molecule has 0 unspecified atom stereocenters. The zero-order valence-corrected chi connectivity index (χ0v) is 21.4. The molecule has 6 rings (SSSR count). The molecule has 0 atom stereocenters. The average molecular weight is 560 g/mol. The smallest absolute Gasteiger partial charge is 0.478 e. The molecular formula is C27H24F3N3O5S. The van der Waals surface area contributed by atoms with Crippen LogP contribution in [-0.4, -0.2) is 46.8 Å². The van der Waals surface area contributed by atoms with Crippen molar-refractivity contribution in [3.63, 3.8) is 0 Å². The number of nitrogens with zero attached hydrogens (tertiary/aromatic N) is 3. The summed E-state index contributed by atoms with van der Waals surface area (Å²) < 4.78 is 56.0. The van der Waals surface area contributed by atoms with Crippen LogP contribution in [0.5, 0.6) is 5.75 Å². The first-order chi connectivity index (χ1) is 18.7. The third-order valence-corrected chi connectivity index (χ3v) is 8.01. The van der Waals surface area contributed by atoms with Crippen molar-refractivity contribution < 1.29 is 37.1 Å². The minimum absolute atomic E-state index is 0.0503. The summed E-state index contributed by atoms with van der Waals surface area (Å²) in [6.45, 7) is 1.60. The largest absolute Gasteiger partial charge is 0.573 e. The molecule has 0 amide bonds.